The monoisotopic (exact) mass is 411 g/mol. The van der Waals surface area contributed by atoms with E-state index in [2.05, 4.69) is 10.1 Å². The Morgan fingerprint density at radius 2 is 1.90 bits per heavy atom. The van der Waals surface area contributed by atoms with Crippen molar-refractivity contribution < 1.29 is 18.8 Å². The van der Waals surface area contributed by atoms with Crippen molar-refractivity contribution in [3.63, 3.8) is 0 Å². The Morgan fingerprint density at radius 1 is 1.17 bits per heavy atom. The molecule has 3 fully saturated rings. The highest BCUT2D eigenvalue weighted by Crippen LogP contribution is 2.50. The van der Waals surface area contributed by atoms with E-state index in [1.165, 1.54) is 0 Å². The van der Waals surface area contributed by atoms with E-state index in [1.54, 1.807) is 7.11 Å². The molecule has 160 valence electrons. The first-order chi connectivity index (χ1) is 14.7. The predicted octanol–water partition coefficient (Wildman–Crippen LogP) is 3.24. The topological polar surface area (TPSA) is 77.7 Å². The maximum atomic E-state index is 13.2. The molecule has 3 aliphatic rings. The van der Waals surface area contributed by atoms with E-state index in [4.69, 9.17) is 14.0 Å². The van der Waals surface area contributed by atoms with Crippen LogP contribution in [0.15, 0.2) is 28.8 Å². The maximum Gasteiger partial charge on any atom is 0.233 e. The van der Waals surface area contributed by atoms with Gasteiger partial charge in [0, 0.05) is 25.4 Å². The summed E-state index contributed by atoms with van der Waals surface area (Å²) in [7, 11) is 1.66. The first-order valence-electron chi connectivity index (χ1n) is 11.1. The number of rotatable bonds is 8. The average molecular weight is 412 g/mol. The van der Waals surface area contributed by atoms with Crippen LogP contribution in [-0.4, -0.2) is 53.9 Å². The molecule has 2 aliphatic carbocycles. The minimum atomic E-state index is -0.322. The van der Waals surface area contributed by atoms with Crippen molar-refractivity contribution in [3.8, 4) is 5.75 Å². The van der Waals surface area contributed by atoms with E-state index >= 15 is 0 Å². The van der Waals surface area contributed by atoms with Crippen LogP contribution in [-0.2, 0) is 21.4 Å². The molecule has 7 nitrogen and oxygen atoms in total. The molecule has 2 saturated carbocycles. The number of carbonyl (C=O) groups is 1. The van der Waals surface area contributed by atoms with Gasteiger partial charge in [-0.15, -0.1) is 0 Å². The van der Waals surface area contributed by atoms with Gasteiger partial charge in [-0.1, -0.05) is 17.3 Å². The summed E-state index contributed by atoms with van der Waals surface area (Å²) in [6.07, 6.45) is 6.82. The van der Waals surface area contributed by atoms with Gasteiger partial charge in [0.05, 0.1) is 25.2 Å². The van der Waals surface area contributed by atoms with Crippen molar-refractivity contribution in [1.29, 1.82) is 0 Å². The Morgan fingerprint density at radius 3 is 2.53 bits per heavy atom. The van der Waals surface area contributed by atoms with Gasteiger partial charge in [-0.2, -0.15) is 4.98 Å². The highest BCUT2D eigenvalue weighted by atomic mass is 16.5. The number of ether oxygens (including phenoxy) is 2. The van der Waals surface area contributed by atoms with Crippen LogP contribution in [0.4, 0.5) is 0 Å². The van der Waals surface area contributed by atoms with Crippen LogP contribution in [0.1, 0.15) is 61.7 Å². The number of methoxy groups -OCH3 is 1. The highest BCUT2D eigenvalue weighted by molar-refractivity contribution is 5.91. The summed E-state index contributed by atoms with van der Waals surface area (Å²) >= 11 is 0. The number of benzene rings is 1. The summed E-state index contributed by atoms with van der Waals surface area (Å²) in [4.78, 5) is 19.7. The van der Waals surface area contributed by atoms with Crippen LogP contribution in [0.2, 0.25) is 0 Å². The molecular weight excluding hydrogens is 382 g/mol. The second-order valence-corrected chi connectivity index (χ2v) is 8.75. The standard InChI is InChI=1S/C23H29N3O4/c1-28-18-6-4-17(5-7-18)23(11-12-23)22(27)26-13-8-19(9-14-26)29-15-10-20-24-21(30-25-20)16-2-3-16/h4-7,16,19H,2-3,8-15H2,1H3. The lowest BCUT2D eigenvalue weighted by Crippen LogP contribution is -2.45. The summed E-state index contributed by atoms with van der Waals surface area (Å²) in [5.41, 5.74) is 0.787. The third-order valence-corrected chi connectivity index (χ3v) is 6.62. The molecule has 2 aromatic rings. The Labute approximate surface area is 176 Å². The van der Waals surface area contributed by atoms with Gasteiger partial charge in [0.1, 0.15) is 5.75 Å². The van der Waals surface area contributed by atoms with Gasteiger partial charge in [0.15, 0.2) is 5.82 Å². The van der Waals surface area contributed by atoms with Gasteiger partial charge in [0.25, 0.3) is 0 Å². The Balaban J connectivity index is 1.09. The molecule has 2 heterocycles. The molecular formula is C23H29N3O4. The van der Waals surface area contributed by atoms with Gasteiger partial charge in [-0.05, 0) is 56.2 Å². The molecule has 0 atom stereocenters. The second-order valence-electron chi connectivity index (χ2n) is 8.75. The zero-order valence-electron chi connectivity index (χ0n) is 17.5. The van der Waals surface area contributed by atoms with E-state index in [0.29, 0.717) is 18.9 Å². The Bertz CT molecular complexity index is 878. The molecule has 7 heteroatoms. The fraction of sp³-hybridized carbons (Fsp3) is 0.609. The van der Waals surface area contributed by atoms with Crippen LogP contribution < -0.4 is 4.74 Å². The van der Waals surface area contributed by atoms with Gasteiger partial charge >= 0.3 is 0 Å². The van der Waals surface area contributed by atoms with Crippen LogP contribution in [0.5, 0.6) is 5.75 Å². The summed E-state index contributed by atoms with van der Waals surface area (Å²) in [6.45, 7) is 2.11. The van der Waals surface area contributed by atoms with Gasteiger partial charge in [-0.25, -0.2) is 0 Å². The number of hydrogen-bond acceptors (Lipinski definition) is 6. The zero-order chi connectivity index (χ0) is 20.6. The molecule has 5 rings (SSSR count). The first kappa shape index (κ1) is 19.5. The number of likely N-dealkylation sites (tertiary alicyclic amines) is 1. The number of nitrogens with zero attached hydrogens (tertiary/aromatic N) is 3. The minimum Gasteiger partial charge on any atom is -0.497 e. The predicted molar refractivity (Wildman–Crippen MR) is 109 cm³/mol. The summed E-state index contributed by atoms with van der Waals surface area (Å²) < 4.78 is 16.6. The number of amides is 1. The fourth-order valence-electron chi connectivity index (χ4n) is 4.37. The lowest BCUT2D eigenvalue weighted by Gasteiger charge is -2.34. The molecule has 1 aromatic carbocycles. The summed E-state index contributed by atoms with van der Waals surface area (Å²) in [5.74, 6) is 3.10. The van der Waals surface area contributed by atoms with Crippen LogP contribution in [0.3, 0.4) is 0 Å². The number of carbonyl (C=O) groups excluding carboxylic acids is 1. The van der Waals surface area contributed by atoms with E-state index in [9.17, 15) is 4.79 Å². The van der Waals surface area contributed by atoms with Crippen molar-refractivity contribution in [3.05, 3.63) is 41.5 Å². The lowest BCUT2D eigenvalue weighted by atomic mass is 9.93. The second kappa shape index (κ2) is 8.02. The molecule has 0 spiro atoms. The molecule has 1 amide bonds. The summed E-state index contributed by atoms with van der Waals surface area (Å²) in [6, 6.07) is 7.96. The third kappa shape index (κ3) is 3.95. The minimum absolute atomic E-state index is 0.194. The van der Waals surface area contributed by atoms with E-state index < -0.39 is 0 Å². The van der Waals surface area contributed by atoms with E-state index in [1.807, 2.05) is 29.2 Å². The van der Waals surface area contributed by atoms with Crippen LogP contribution in [0.25, 0.3) is 0 Å². The van der Waals surface area contributed by atoms with Crippen molar-refractivity contribution in [1.82, 2.24) is 15.0 Å². The number of hydrogen-bond donors (Lipinski definition) is 0. The van der Waals surface area contributed by atoms with Crippen molar-refractivity contribution in [2.24, 2.45) is 0 Å². The van der Waals surface area contributed by atoms with Crippen LogP contribution >= 0.6 is 0 Å². The molecule has 0 radical (unpaired) electrons. The SMILES string of the molecule is COc1ccc(C2(C(=O)N3CCC(OCCc4noc(C5CC5)n4)CC3)CC2)cc1. The zero-order valence-corrected chi connectivity index (χ0v) is 17.5. The number of aromatic nitrogens is 2. The quantitative estimate of drug-likeness (QED) is 0.664. The Kier molecular flexibility index (Phi) is 5.23. The molecule has 0 N–H and O–H groups in total. The molecule has 1 aliphatic heterocycles. The molecule has 1 aromatic heterocycles. The molecule has 0 bridgehead atoms. The Hall–Kier alpha value is -2.41. The largest absolute Gasteiger partial charge is 0.497 e. The molecule has 30 heavy (non-hydrogen) atoms. The van der Waals surface area contributed by atoms with Crippen LogP contribution in [0, 0.1) is 0 Å². The van der Waals surface area contributed by atoms with Gasteiger partial charge in [0.2, 0.25) is 11.8 Å². The third-order valence-electron chi connectivity index (χ3n) is 6.62. The smallest absolute Gasteiger partial charge is 0.233 e. The lowest BCUT2D eigenvalue weighted by molar-refractivity contribution is -0.136. The van der Waals surface area contributed by atoms with Gasteiger partial charge in [-0.3, -0.25) is 4.79 Å². The van der Waals surface area contributed by atoms with E-state index in [0.717, 1.165) is 74.6 Å². The molecule has 1 saturated heterocycles. The number of piperidine rings is 1. The first-order valence-corrected chi connectivity index (χ1v) is 11.1. The van der Waals surface area contributed by atoms with Crippen molar-refractivity contribution >= 4 is 5.91 Å². The highest BCUT2D eigenvalue weighted by Gasteiger charge is 2.53. The maximum absolute atomic E-state index is 13.2. The van der Waals surface area contributed by atoms with Gasteiger partial charge < -0.3 is 18.9 Å². The van der Waals surface area contributed by atoms with E-state index in [-0.39, 0.29) is 17.4 Å². The average Bonchev–Trinajstić information content (AvgIpc) is 3.73. The molecule has 0 unspecified atom stereocenters. The summed E-state index contributed by atoms with van der Waals surface area (Å²) in [5, 5.41) is 4.04. The van der Waals surface area contributed by atoms with Crippen molar-refractivity contribution in [2.75, 3.05) is 26.8 Å². The fourth-order valence-corrected chi connectivity index (χ4v) is 4.37. The van der Waals surface area contributed by atoms with Crippen molar-refractivity contribution in [2.45, 2.75) is 62.4 Å². The normalized spacial score (nSPS) is 20.9.